The van der Waals surface area contributed by atoms with Crippen molar-refractivity contribution >= 4 is 11.9 Å². The molecule has 1 aliphatic rings. The Balaban J connectivity index is 2.22. The Bertz CT molecular complexity index is 726. The van der Waals surface area contributed by atoms with E-state index in [1.54, 1.807) is 11.0 Å². The Kier molecular flexibility index (Phi) is 4.15. The minimum Gasteiger partial charge on any atom is -0.468 e. The number of carbonyl (C=O) groups excluding carboxylic acids is 2. The van der Waals surface area contributed by atoms with Crippen LogP contribution in [-0.4, -0.2) is 30.4 Å². The zero-order valence-electron chi connectivity index (χ0n) is 13.2. The molecule has 23 heavy (non-hydrogen) atoms. The van der Waals surface area contributed by atoms with Gasteiger partial charge in [-0.05, 0) is 24.1 Å². The van der Waals surface area contributed by atoms with E-state index < -0.39 is 5.92 Å². The van der Waals surface area contributed by atoms with Crippen LogP contribution in [0.25, 0.3) is 0 Å². The number of esters is 1. The van der Waals surface area contributed by atoms with Gasteiger partial charge in [-0.15, -0.1) is 0 Å². The number of fused-ring (bicyclic) bond motifs is 1. The van der Waals surface area contributed by atoms with E-state index in [0.29, 0.717) is 12.1 Å². The highest BCUT2D eigenvalue weighted by atomic mass is 16.5. The Hall–Kier alpha value is -2.62. The van der Waals surface area contributed by atoms with Crippen LogP contribution in [0.3, 0.4) is 0 Å². The van der Waals surface area contributed by atoms with Crippen molar-refractivity contribution in [1.82, 2.24) is 4.90 Å². The summed E-state index contributed by atoms with van der Waals surface area (Å²) in [6, 6.07) is 16.6. The number of hydrogen-bond acceptors (Lipinski definition) is 3. The fraction of sp³-hybridized carbons (Fsp3) is 0.263. The fourth-order valence-corrected chi connectivity index (χ4v) is 3.34. The summed E-state index contributed by atoms with van der Waals surface area (Å²) in [6.45, 7) is 2.45. The summed E-state index contributed by atoms with van der Waals surface area (Å²) in [7, 11) is 1.39. The largest absolute Gasteiger partial charge is 0.468 e. The van der Waals surface area contributed by atoms with Crippen molar-refractivity contribution in [3.8, 4) is 0 Å². The number of carbonyl (C=O) groups is 2. The first kappa shape index (κ1) is 15.3. The maximum atomic E-state index is 12.9. The van der Waals surface area contributed by atoms with Crippen molar-refractivity contribution in [2.24, 2.45) is 0 Å². The van der Waals surface area contributed by atoms with E-state index in [-0.39, 0.29) is 17.9 Å². The number of likely N-dealkylation sites (N-methyl/N-ethyl adjacent to an activating group) is 1. The Morgan fingerprint density at radius 1 is 1.09 bits per heavy atom. The normalized spacial score (nSPS) is 20.1. The summed E-state index contributed by atoms with van der Waals surface area (Å²) in [6.07, 6.45) is 0. The second kappa shape index (κ2) is 6.24. The minimum atomic E-state index is -0.517. The molecule has 0 unspecified atom stereocenters. The SMILES string of the molecule is CCN1C(=O)c2ccccc2[C@@H](C(=O)OC)[C@@H]1c1ccccc1. The molecule has 0 saturated heterocycles. The van der Waals surface area contributed by atoms with Gasteiger partial charge in [0.2, 0.25) is 0 Å². The first-order valence-electron chi connectivity index (χ1n) is 7.71. The molecule has 2 aromatic carbocycles. The van der Waals surface area contributed by atoms with Crippen LogP contribution >= 0.6 is 0 Å². The number of methoxy groups -OCH3 is 1. The predicted molar refractivity (Wildman–Crippen MR) is 87.1 cm³/mol. The highest BCUT2D eigenvalue weighted by molar-refractivity contribution is 6.00. The van der Waals surface area contributed by atoms with Gasteiger partial charge < -0.3 is 9.64 Å². The van der Waals surface area contributed by atoms with Gasteiger partial charge in [0.05, 0.1) is 13.2 Å². The monoisotopic (exact) mass is 309 g/mol. The summed E-state index contributed by atoms with van der Waals surface area (Å²) in [5, 5.41) is 0. The standard InChI is InChI=1S/C19H19NO3/c1-3-20-17(13-9-5-4-6-10-13)16(19(22)23-2)14-11-7-8-12-15(14)18(20)21/h4-12,16-17H,3H2,1-2H3/t16-,17+/m1/s1. The van der Waals surface area contributed by atoms with Crippen LogP contribution in [0.4, 0.5) is 0 Å². The molecule has 2 atom stereocenters. The number of rotatable bonds is 3. The van der Waals surface area contributed by atoms with Crippen molar-refractivity contribution in [3.63, 3.8) is 0 Å². The highest BCUT2D eigenvalue weighted by Gasteiger charge is 2.43. The van der Waals surface area contributed by atoms with E-state index in [9.17, 15) is 9.59 Å². The van der Waals surface area contributed by atoms with Gasteiger partial charge in [0.25, 0.3) is 5.91 Å². The van der Waals surface area contributed by atoms with Crippen molar-refractivity contribution in [2.75, 3.05) is 13.7 Å². The number of amides is 1. The molecule has 3 rings (SSSR count). The molecule has 1 heterocycles. The molecule has 0 spiro atoms. The molecule has 2 aromatic rings. The molecule has 118 valence electrons. The van der Waals surface area contributed by atoms with E-state index >= 15 is 0 Å². The third-order valence-electron chi connectivity index (χ3n) is 4.38. The Labute approximate surface area is 135 Å². The van der Waals surface area contributed by atoms with Crippen molar-refractivity contribution < 1.29 is 14.3 Å². The molecule has 1 amide bonds. The third-order valence-corrected chi connectivity index (χ3v) is 4.38. The Morgan fingerprint density at radius 2 is 1.74 bits per heavy atom. The molecule has 4 heteroatoms. The molecule has 0 fully saturated rings. The average molecular weight is 309 g/mol. The van der Waals surface area contributed by atoms with Crippen molar-refractivity contribution in [1.29, 1.82) is 0 Å². The van der Waals surface area contributed by atoms with Crippen molar-refractivity contribution in [3.05, 3.63) is 71.3 Å². The third kappa shape index (κ3) is 2.50. The first-order chi connectivity index (χ1) is 11.2. The summed E-state index contributed by atoms with van der Waals surface area (Å²) in [4.78, 5) is 27.1. The van der Waals surface area contributed by atoms with E-state index in [2.05, 4.69) is 0 Å². The van der Waals surface area contributed by atoms with Crippen LogP contribution < -0.4 is 0 Å². The van der Waals surface area contributed by atoms with Crippen LogP contribution in [0.2, 0.25) is 0 Å². The first-order valence-corrected chi connectivity index (χ1v) is 7.71. The molecule has 0 bridgehead atoms. The molecule has 0 saturated carbocycles. The smallest absolute Gasteiger partial charge is 0.315 e. The van der Waals surface area contributed by atoms with E-state index in [4.69, 9.17) is 4.74 Å². The molecule has 0 aromatic heterocycles. The summed E-state index contributed by atoms with van der Waals surface area (Å²) in [5.41, 5.74) is 2.26. The van der Waals surface area contributed by atoms with Crippen LogP contribution in [0.15, 0.2) is 54.6 Å². The zero-order chi connectivity index (χ0) is 16.4. The van der Waals surface area contributed by atoms with Crippen LogP contribution in [0, 0.1) is 0 Å². The number of ether oxygens (including phenoxy) is 1. The molecular weight excluding hydrogens is 290 g/mol. The van der Waals surface area contributed by atoms with E-state index in [1.165, 1.54) is 7.11 Å². The van der Waals surface area contributed by atoms with Gasteiger partial charge in [0.15, 0.2) is 0 Å². The number of hydrogen-bond donors (Lipinski definition) is 0. The van der Waals surface area contributed by atoms with Crippen LogP contribution in [-0.2, 0) is 9.53 Å². The van der Waals surface area contributed by atoms with E-state index in [1.807, 2.05) is 55.5 Å². The summed E-state index contributed by atoms with van der Waals surface area (Å²) >= 11 is 0. The zero-order valence-corrected chi connectivity index (χ0v) is 13.2. The van der Waals surface area contributed by atoms with Gasteiger partial charge in [0, 0.05) is 12.1 Å². The second-order valence-electron chi connectivity index (χ2n) is 5.53. The number of benzene rings is 2. The van der Waals surface area contributed by atoms with Gasteiger partial charge in [-0.1, -0.05) is 48.5 Å². The average Bonchev–Trinajstić information content (AvgIpc) is 2.61. The summed E-state index contributed by atoms with van der Waals surface area (Å²) in [5.74, 6) is -0.884. The van der Waals surface area contributed by atoms with Gasteiger partial charge >= 0.3 is 5.97 Å². The lowest BCUT2D eigenvalue weighted by Crippen LogP contribution is -2.45. The highest BCUT2D eigenvalue weighted by Crippen LogP contribution is 2.42. The lowest BCUT2D eigenvalue weighted by Gasteiger charge is -2.40. The maximum absolute atomic E-state index is 12.9. The summed E-state index contributed by atoms with van der Waals surface area (Å²) < 4.78 is 5.05. The fourth-order valence-electron chi connectivity index (χ4n) is 3.34. The van der Waals surface area contributed by atoms with Crippen LogP contribution in [0.5, 0.6) is 0 Å². The molecule has 0 radical (unpaired) electrons. The molecule has 0 N–H and O–H groups in total. The number of nitrogens with zero attached hydrogens (tertiary/aromatic N) is 1. The topological polar surface area (TPSA) is 46.6 Å². The van der Waals surface area contributed by atoms with Gasteiger partial charge in [-0.3, -0.25) is 9.59 Å². The van der Waals surface area contributed by atoms with Crippen molar-refractivity contribution in [2.45, 2.75) is 18.9 Å². The Morgan fingerprint density at radius 3 is 2.39 bits per heavy atom. The molecule has 4 nitrogen and oxygen atoms in total. The molecular formula is C19H19NO3. The van der Waals surface area contributed by atoms with Gasteiger partial charge in [-0.25, -0.2) is 0 Å². The van der Waals surface area contributed by atoms with Gasteiger partial charge in [-0.2, -0.15) is 0 Å². The second-order valence-corrected chi connectivity index (χ2v) is 5.53. The minimum absolute atomic E-state index is 0.0443. The maximum Gasteiger partial charge on any atom is 0.315 e. The quantitative estimate of drug-likeness (QED) is 0.818. The van der Waals surface area contributed by atoms with Crippen LogP contribution in [0.1, 0.15) is 40.4 Å². The van der Waals surface area contributed by atoms with E-state index in [0.717, 1.165) is 11.1 Å². The molecule has 0 aliphatic carbocycles. The molecule has 1 aliphatic heterocycles. The van der Waals surface area contributed by atoms with Gasteiger partial charge in [0.1, 0.15) is 5.92 Å². The lowest BCUT2D eigenvalue weighted by molar-refractivity contribution is -0.144. The lowest BCUT2D eigenvalue weighted by atomic mass is 9.80. The predicted octanol–water partition coefficient (Wildman–Crippen LogP) is 3.16.